The van der Waals surface area contributed by atoms with Gasteiger partial charge in [-0.1, -0.05) is 0 Å². The van der Waals surface area contributed by atoms with E-state index in [1.807, 2.05) is 7.05 Å². The van der Waals surface area contributed by atoms with Gasteiger partial charge in [0.05, 0.1) is 11.6 Å². The van der Waals surface area contributed by atoms with Crippen molar-refractivity contribution in [2.45, 2.75) is 38.3 Å². The number of hydrogen-bond donors (Lipinski definition) is 2. The molecule has 0 aliphatic rings. The number of hydrogen-bond acceptors (Lipinski definition) is 4. The highest BCUT2D eigenvalue weighted by Crippen LogP contribution is 2.21. The fourth-order valence-corrected chi connectivity index (χ4v) is 1.39. The molecule has 2 N–H and O–H groups in total. The minimum atomic E-state index is -0.0882. The van der Waals surface area contributed by atoms with E-state index in [-0.39, 0.29) is 11.6 Å². The van der Waals surface area contributed by atoms with Gasteiger partial charge in [-0.25, -0.2) is 4.98 Å². The Morgan fingerprint density at radius 3 is 2.80 bits per heavy atom. The molecule has 15 heavy (non-hydrogen) atoms. The van der Waals surface area contributed by atoms with Crippen molar-refractivity contribution in [2.75, 3.05) is 14.2 Å². The van der Waals surface area contributed by atoms with Gasteiger partial charge >= 0.3 is 0 Å². The Hall–Kier alpha value is -0.940. The van der Waals surface area contributed by atoms with Gasteiger partial charge in [-0.15, -0.1) is 0 Å². The first kappa shape index (κ1) is 12.1. The maximum Gasteiger partial charge on any atom is 0.141 e. The molecule has 1 aromatic rings. The zero-order chi connectivity index (χ0) is 11.3. The summed E-state index contributed by atoms with van der Waals surface area (Å²) in [5, 5.41) is 9.94. The van der Waals surface area contributed by atoms with Crippen molar-refractivity contribution in [3.05, 3.63) is 12.2 Å². The van der Waals surface area contributed by atoms with Crippen molar-refractivity contribution in [1.29, 1.82) is 0 Å². The lowest BCUT2D eigenvalue weighted by molar-refractivity contribution is 0.0116. The molecular formula is C10H20N4O. The van der Waals surface area contributed by atoms with Crippen LogP contribution in [0.25, 0.3) is 0 Å². The van der Waals surface area contributed by atoms with E-state index < -0.39 is 0 Å². The highest BCUT2D eigenvalue weighted by molar-refractivity contribution is 4.91. The highest BCUT2D eigenvalue weighted by Gasteiger charge is 2.20. The van der Waals surface area contributed by atoms with Crippen LogP contribution in [-0.4, -0.2) is 34.9 Å². The van der Waals surface area contributed by atoms with Gasteiger partial charge < -0.3 is 10.1 Å². The molecule has 1 atom stereocenters. The molecule has 0 amide bonds. The normalized spacial score (nSPS) is 14.1. The molecule has 1 unspecified atom stereocenters. The van der Waals surface area contributed by atoms with Gasteiger partial charge in [-0.05, 0) is 33.7 Å². The molecule has 0 aromatic carbocycles. The number of methoxy groups -OCH3 is 1. The smallest absolute Gasteiger partial charge is 0.141 e. The Morgan fingerprint density at radius 2 is 2.33 bits per heavy atom. The van der Waals surface area contributed by atoms with Crippen LogP contribution in [0.5, 0.6) is 0 Å². The topological polar surface area (TPSA) is 62.8 Å². The minimum absolute atomic E-state index is 0.0882. The average Bonchev–Trinajstić information content (AvgIpc) is 2.72. The number of nitrogens with zero attached hydrogens (tertiary/aromatic N) is 2. The molecule has 1 rings (SSSR count). The zero-order valence-electron chi connectivity index (χ0n) is 9.87. The summed E-state index contributed by atoms with van der Waals surface area (Å²) in [6, 6.07) is 0.210. The lowest BCUT2D eigenvalue weighted by Gasteiger charge is -2.24. The van der Waals surface area contributed by atoms with Crippen molar-refractivity contribution in [1.82, 2.24) is 20.5 Å². The molecule has 0 aliphatic heterocycles. The fraction of sp³-hybridized carbons (Fsp3) is 0.800. The van der Waals surface area contributed by atoms with E-state index in [4.69, 9.17) is 4.74 Å². The number of rotatable bonds is 6. The molecule has 0 radical (unpaired) electrons. The Morgan fingerprint density at radius 1 is 1.60 bits per heavy atom. The first-order valence-corrected chi connectivity index (χ1v) is 5.17. The van der Waals surface area contributed by atoms with Gasteiger partial charge in [0.1, 0.15) is 12.2 Å². The van der Waals surface area contributed by atoms with Crippen LogP contribution in [0.3, 0.4) is 0 Å². The number of H-pyrrole nitrogens is 1. The monoisotopic (exact) mass is 212 g/mol. The predicted octanol–water partition coefficient (Wildman–Crippen LogP) is 1.27. The van der Waals surface area contributed by atoms with Crippen molar-refractivity contribution < 1.29 is 4.74 Å². The Bertz CT molecular complexity index is 271. The summed E-state index contributed by atoms with van der Waals surface area (Å²) < 4.78 is 5.38. The highest BCUT2D eigenvalue weighted by atomic mass is 16.5. The van der Waals surface area contributed by atoms with Gasteiger partial charge in [0.25, 0.3) is 0 Å². The summed E-state index contributed by atoms with van der Waals surface area (Å²) in [5.41, 5.74) is -0.0882. The van der Waals surface area contributed by atoms with E-state index in [1.54, 1.807) is 7.11 Å². The molecule has 0 spiro atoms. The Balaban J connectivity index is 2.49. The van der Waals surface area contributed by atoms with Crippen LogP contribution >= 0.6 is 0 Å². The van der Waals surface area contributed by atoms with Crippen LogP contribution in [0.4, 0.5) is 0 Å². The number of aromatic nitrogens is 3. The van der Waals surface area contributed by atoms with Crippen LogP contribution < -0.4 is 5.32 Å². The van der Waals surface area contributed by atoms with Gasteiger partial charge in [-0.2, -0.15) is 5.10 Å². The number of aromatic amines is 1. The van der Waals surface area contributed by atoms with E-state index in [9.17, 15) is 0 Å². The summed E-state index contributed by atoms with van der Waals surface area (Å²) in [5.74, 6) is 0.879. The molecule has 0 fully saturated rings. The molecule has 1 aromatic heterocycles. The van der Waals surface area contributed by atoms with Crippen molar-refractivity contribution in [3.63, 3.8) is 0 Å². The SMILES string of the molecule is CNC(CCC(C)(C)OC)c1ncn[nH]1. The molecule has 0 aliphatic carbocycles. The largest absolute Gasteiger partial charge is 0.379 e. The Labute approximate surface area is 90.6 Å². The van der Waals surface area contributed by atoms with Crippen LogP contribution in [0, 0.1) is 0 Å². The third-order valence-electron chi connectivity index (χ3n) is 2.70. The second kappa shape index (κ2) is 5.23. The summed E-state index contributed by atoms with van der Waals surface area (Å²) in [6.45, 7) is 4.17. The van der Waals surface area contributed by atoms with E-state index in [0.29, 0.717) is 0 Å². The van der Waals surface area contributed by atoms with Crippen LogP contribution in [0.2, 0.25) is 0 Å². The first-order chi connectivity index (χ1) is 7.09. The molecule has 0 saturated carbocycles. The predicted molar refractivity (Wildman–Crippen MR) is 58.5 cm³/mol. The Kier molecular flexibility index (Phi) is 4.23. The average molecular weight is 212 g/mol. The molecule has 5 nitrogen and oxygen atoms in total. The quantitative estimate of drug-likeness (QED) is 0.745. The molecule has 5 heteroatoms. The number of ether oxygens (including phenoxy) is 1. The van der Waals surface area contributed by atoms with Crippen LogP contribution in [0.15, 0.2) is 6.33 Å². The lowest BCUT2D eigenvalue weighted by Crippen LogP contribution is -2.26. The van der Waals surface area contributed by atoms with E-state index in [2.05, 4.69) is 34.3 Å². The van der Waals surface area contributed by atoms with E-state index in [1.165, 1.54) is 6.33 Å². The van der Waals surface area contributed by atoms with Gasteiger partial charge in [0.2, 0.25) is 0 Å². The van der Waals surface area contributed by atoms with Crippen LogP contribution in [0.1, 0.15) is 38.6 Å². The first-order valence-electron chi connectivity index (χ1n) is 5.17. The third kappa shape index (κ3) is 3.60. The van der Waals surface area contributed by atoms with Gasteiger partial charge in [0, 0.05) is 7.11 Å². The summed E-state index contributed by atoms with van der Waals surface area (Å²) in [6.07, 6.45) is 3.46. The number of nitrogens with one attached hydrogen (secondary N) is 2. The fourth-order valence-electron chi connectivity index (χ4n) is 1.39. The third-order valence-corrected chi connectivity index (χ3v) is 2.70. The summed E-state index contributed by atoms with van der Waals surface area (Å²) in [7, 11) is 3.66. The van der Waals surface area contributed by atoms with Crippen molar-refractivity contribution in [2.24, 2.45) is 0 Å². The van der Waals surface area contributed by atoms with E-state index in [0.717, 1.165) is 18.7 Å². The molecular weight excluding hydrogens is 192 g/mol. The van der Waals surface area contributed by atoms with Crippen molar-refractivity contribution in [3.8, 4) is 0 Å². The van der Waals surface area contributed by atoms with Gasteiger partial charge in [-0.3, -0.25) is 5.10 Å². The van der Waals surface area contributed by atoms with Crippen LogP contribution in [-0.2, 0) is 4.74 Å². The maximum absolute atomic E-state index is 5.38. The maximum atomic E-state index is 5.38. The molecule has 86 valence electrons. The summed E-state index contributed by atoms with van der Waals surface area (Å²) in [4.78, 5) is 4.14. The molecule has 0 saturated heterocycles. The lowest BCUT2D eigenvalue weighted by atomic mass is 9.98. The van der Waals surface area contributed by atoms with Gasteiger partial charge in [0.15, 0.2) is 0 Å². The van der Waals surface area contributed by atoms with E-state index >= 15 is 0 Å². The van der Waals surface area contributed by atoms with Crippen molar-refractivity contribution >= 4 is 0 Å². The second-order valence-corrected chi connectivity index (χ2v) is 4.21. The minimum Gasteiger partial charge on any atom is -0.379 e. The second-order valence-electron chi connectivity index (χ2n) is 4.21. The summed E-state index contributed by atoms with van der Waals surface area (Å²) >= 11 is 0. The standard InChI is InChI=1S/C10H20N4O/c1-10(2,15-4)6-5-8(11-3)9-12-7-13-14-9/h7-8,11H,5-6H2,1-4H3,(H,12,13,14). The zero-order valence-corrected chi connectivity index (χ0v) is 9.87. The molecule has 0 bridgehead atoms. The molecule has 1 heterocycles.